The van der Waals surface area contributed by atoms with Crippen LogP contribution in [0.4, 0.5) is 10.5 Å². The van der Waals surface area contributed by atoms with E-state index in [1.54, 1.807) is 24.3 Å². The van der Waals surface area contributed by atoms with Crippen LogP contribution in [0, 0.1) is 11.3 Å². The molecule has 0 saturated carbocycles. The molecule has 1 saturated heterocycles. The van der Waals surface area contributed by atoms with Gasteiger partial charge in [-0.05, 0) is 49.9 Å². The second kappa shape index (κ2) is 6.92. The van der Waals surface area contributed by atoms with Gasteiger partial charge in [0.1, 0.15) is 0 Å². The smallest absolute Gasteiger partial charge is 0.322 e. The van der Waals surface area contributed by atoms with Crippen LogP contribution in [0.25, 0.3) is 0 Å². The first-order valence-corrected chi connectivity index (χ1v) is 6.93. The summed E-state index contributed by atoms with van der Waals surface area (Å²) in [5.41, 5.74) is 1.27. The zero-order chi connectivity index (χ0) is 14.4. The molecule has 5 nitrogen and oxygen atoms in total. The topological polar surface area (TPSA) is 76.4 Å². The Balaban J connectivity index is 1.94. The molecule has 5 heteroatoms. The van der Waals surface area contributed by atoms with E-state index in [1.807, 2.05) is 11.0 Å². The molecule has 1 heterocycles. The van der Waals surface area contributed by atoms with Gasteiger partial charge in [-0.3, -0.25) is 0 Å². The summed E-state index contributed by atoms with van der Waals surface area (Å²) in [4.78, 5) is 14.1. The average Bonchev–Trinajstić information content (AvgIpc) is 2.94. The van der Waals surface area contributed by atoms with Crippen LogP contribution in [-0.4, -0.2) is 35.2 Å². The van der Waals surface area contributed by atoms with Crippen molar-refractivity contribution in [3.05, 3.63) is 29.8 Å². The number of nitrogens with one attached hydrogen (secondary N) is 1. The van der Waals surface area contributed by atoms with E-state index in [9.17, 15) is 4.79 Å². The summed E-state index contributed by atoms with van der Waals surface area (Å²) < 4.78 is 0. The number of likely N-dealkylation sites (tertiary alicyclic amines) is 1. The van der Waals surface area contributed by atoms with Crippen molar-refractivity contribution in [3.8, 4) is 6.07 Å². The molecule has 1 fully saturated rings. The average molecular weight is 273 g/mol. The fraction of sp³-hybridized carbons (Fsp3) is 0.467. The number of carbonyl (C=O) groups is 1. The van der Waals surface area contributed by atoms with E-state index in [2.05, 4.69) is 5.32 Å². The molecule has 0 bridgehead atoms. The minimum Gasteiger partial charge on any atom is -0.396 e. The summed E-state index contributed by atoms with van der Waals surface area (Å²) in [7, 11) is 0. The highest BCUT2D eigenvalue weighted by Crippen LogP contribution is 2.22. The van der Waals surface area contributed by atoms with Gasteiger partial charge in [-0.25, -0.2) is 4.79 Å². The summed E-state index contributed by atoms with van der Waals surface area (Å²) in [5, 5.41) is 20.5. The molecular weight excluding hydrogens is 254 g/mol. The summed E-state index contributed by atoms with van der Waals surface area (Å²) >= 11 is 0. The normalized spacial score (nSPS) is 17.8. The Bertz CT molecular complexity index is 493. The number of aliphatic hydroxyl groups is 1. The molecule has 2 N–H and O–H groups in total. The molecule has 1 unspecified atom stereocenters. The van der Waals surface area contributed by atoms with E-state index in [1.165, 1.54) is 0 Å². The molecule has 1 atom stereocenters. The molecule has 0 radical (unpaired) electrons. The highest BCUT2D eigenvalue weighted by molar-refractivity contribution is 5.89. The van der Waals surface area contributed by atoms with Crippen LogP contribution in [0.5, 0.6) is 0 Å². The van der Waals surface area contributed by atoms with Crippen LogP contribution in [0.1, 0.15) is 31.2 Å². The minimum atomic E-state index is -0.102. The number of hydrogen-bond donors (Lipinski definition) is 2. The van der Waals surface area contributed by atoms with Crippen LogP contribution in [0.3, 0.4) is 0 Å². The van der Waals surface area contributed by atoms with E-state index < -0.39 is 0 Å². The second-order valence-corrected chi connectivity index (χ2v) is 4.97. The maximum Gasteiger partial charge on any atom is 0.322 e. The zero-order valence-electron chi connectivity index (χ0n) is 11.4. The summed E-state index contributed by atoms with van der Waals surface area (Å²) in [5.74, 6) is 0. The molecular formula is C15H19N3O2. The fourth-order valence-electron chi connectivity index (χ4n) is 2.55. The van der Waals surface area contributed by atoms with Crippen molar-refractivity contribution in [1.29, 1.82) is 5.26 Å². The lowest BCUT2D eigenvalue weighted by molar-refractivity contribution is 0.197. The van der Waals surface area contributed by atoms with E-state index >= 15 is 0 Å². The molecule has 106 valence electrons. The van der Waals surface area contributed by atoms with E-state index in [0.717, 1.165) is 32.2 Å². The van der Waals surface area contributed by atoms with Gasteiger partial charge >= 0.3 is 6.03 Å². The number of anilines is 1. The van der Waals surface area contributed by atoms with E-state index in [4.69, 9.17) is 10.4 Å². The molecule has 2 rings (SSSR count). The third kappa shape index (κ3) is 3.49. The van der Waals surface area contributed by atoms with Crippen molar-refractivity contribution < 1.29 is 9.90 Å². The number of nitrogens with zero attached hydrogens (tertiary/aromatic N) is 2. The number of urea groups is 1. The lowest BCUT2D eigenvalue weighted by Crippen LogP contribution is -2.38. The highest BCUT2D eigenvalue weighted by atomic mass is 16.3. The van der Waals surface area contributed by atoms with Crippen molar-refractivity contribution in [2.75, 3.05) is 18.5 Å². The molecule has 1 aliphatic rings. The van der Waals surface area contributed by atoms with Gasteiger partial charge in [-0.2, -0.15) is 5.26 Å². The molecule has 1 aliphatic heterocycles. The number of rotatable bonds is 4. The first-order chi connectivity index (χ1) is 9.74. The molecule has 20 heavy (non-hydrogen) atoms. The van der Waals surface area contributed by atoms with Gasteiger partial charge < -0.3 is 15.3 Å². The van der Waals surface area contributed by atoms with Gasteiger partial charge in [0.25, 0.3) is 0 Å². The third-order valence-electron chi connectivity index (χ3n) is 3.60. The zero-order valence-corrected chi connectivity index (χ0v) is 11.4. The standard InChI is InChI=1S/C15H19N3O2/c16-11-12-5-7-13(8-6-12)17-15(20)18-9-1-3-14(18)4-2-10-19/h5-8,14,19H,1-4,9-10H2,(H,17,20). The van der Waals surface area contributed by atoms with Gasteiger partial charge in [-0.1, -0.05) is 0 Å². The minimum absolute atomic E-state index is 0.102. The first-order valence-electron chi connectivity index (χ1n) is 6.93. The predicted molar refractivity (Wildman–Crippen MR) is 76.2 cm³/mol. The monoisotopic (exact) mass is 273 g/mol. The van der Waals surface area contributed by atoms with Gasteiger partial charge in [0.15, 0.2) is 0 Å². The summed E-state index contributed by atoms with van der Waals surface area (Å²) in [6.45, 7) is 0.930. The van der Waals surface area contributed by atoms with E-state index in [0.29, 0.717) is 11.3 Å². The van der Waals surface area contributed by atoms with Crippen LogP contribution in [0.15, 0.2) is 24.3 Å². The van der Waals surface area contributed by atoms with Crippen LogP contribution in [-0.2, 0) is 0 Å². The third-order valence-corrected chi connectivity index (χ3v) is 3.60. The molecule has 0 spiro atoms. The number of hydrogen-bond acceptors (Lipinski definition) is 3. The lowest BCUT2D eigenvalue weighted by atomic mass is 10.1. The predicted octanol–water partition coefficient (Wildman–Crippen LogP) is 2.33. The van der Waals surface area contributed by atoms with Crippen molar-refractivity contribution in [1.82, 2.24) is 4.90 Å². The maximum atomic E-state index is 12.2. The number of benzene rings is 1. The molecule has 1 aromatic carbocycles. The Labute approximate surface area is 118 Å². The van der Waals surface area contributed by atoms with Crippen molar-refractivity contribution in [2.24, 2.45) is 0 Å². The molecule has 0 aromatic heterocycles. The van der Waals surface area contributed by atoms with Gasteiger partial charge in [-0.15, -0.1) is 0 Å². The van der Waals surface area contributed by atoms with Crippen molar-refractivity contribution in [3.63, 3.8) is 0 Å². The Morgan fingerprint density at radius 3 is 2.85 bits per heavy atom. The Morgan fingerprint density at radius 1 is 1.45 bits per heavy atom. The quantitative estimate of drug-likeness (QED) is 0.884. The van der Waals surface area contributed by atoms with E-state index in [-0.39, 0.29) is 18.7 Å². The van der Waals surface area contributed by atoms with Crippen molar-refractivity contribution in [2.45, 2.75) is 31.7 Å². The number of amides is 2. The maximum absolute atomic E-state index is 12.2. The molecule has 0 aliphatic carbocycles. The van der Waals surface area contributed by atoms with Crippen LogP contribution < -0.4 is 5.32 Å². The largest absolute Gasteiger partial charge is 0.396 e. The van der Waals surface area contributed by atoms with Crippen molar-refractivity contribution >= 4 is 11.7 Å². The molecule has 2 amide bonds. The SMILES string of the molecule is N#Cc1ccc(NC(=O)N2CCCC2CCCO)cc1. The Hall–Kier alpha value is -2.06. The van der Waals surface area contributed by atoms with Gasteiger partial charge in [0.2, 0.25) is 0 Å². The fourth-order valence-corrected chi connectivity index (χ4v) is 2.55. The first kappa shape index (κ1) is 14.4. The molecule has 1 aromatic rings. The summed E-state index contributed by atoms with van der Waals surface area (Å²) in [6, 6.07) is 9.00. The Kier molecular flexibility index (Phi) is 4.97. The lowest BCUT2D eigenvalue weighted by Gasteiger charge is -2.24. The van der Waals surface area contributed by atoms with Gasteiger partial charge in [0.05, 0.1) is 11.6 Å². The highest BCUT2D eigenvalue weighted by Gasteiger charge is 2.28. The van der Waals surface area contributed by atoms with Crippen LogP contribution in [0.2, 0.25) is 0 Å². The number of carbonyl (C=O) groups excluding carboxylic acids is 1. The number of aliphatic hydroxyl groups excluding tert-OH is 1. The number of nitriles is 1. The second-order valence-electron chi connectivity index (χ2n) is 4.97. The summed E-state index contributed by atoms with van der Waals surface area (Å²) in [6.07, 6.45) is 3.58. The Morgan fingerprint density at radius 2 is 2.20 bits per heavy atom. The van der Waals surface area contributed by atoms with Gasteiger partial charge in [0, 0.05) is 24.9 Å². The van der Waals surface area contributed by atoms with Crippen LogP contribution >= 0.6 is 0 Å².